The lowest BCUT2D eigenvalue weighted by molar-refractivity contribution is -0.139. The number of nitrogens with two attached hydrogens (primary N) is 2. The number of halogens is 3. The smallest absolute Gasteiger partial charge is 0.323 e. The third-order valence-electron chi connectivity index (χ3n) is 14.6. The molecule has 0 aliphatic carbocycles. The highest BCUT2D eigenvalue weighted by molar-refractivity contribution is 7.59. The lowest BCUT2D eigenvalue weighted by Gasteiger charge is -2.29. The van der Waals surface area contributed by atoms with Crippen molar-refractivity contribution in [3.05, 3.63) is 156 Å². The van der Waals surface area contributed by atoms with Gasteiger partial charge in [0.25, 0.3) is 11.8 Å². The molecule has 2 aliphatic rings. The first-order valence-corrected chi connectivity index (χ1v) is 27.2. The van der Waals surface area contributed by atoms with Gasteiger partial charge in [-0.2, -0.15) is 13.5 Å². The second kappa shape index (κ2) is 32.8. The number of hydrogen-bond acceptors (Lipinski definition) is 13. The first-order chi connectivity index (χ1) is 39.9. The van der Waals surface area contributed by atoms with Crippen LogP contribution in [0.2, 0.25) is 0 Å². The van der Waals surface area contributed by atoms with Gasteiger partial charge in [-0.1, -0.05) is 39.1 Å². The minimum atomic E-state index is -1.08. The number of carboxylic acid groups (broad SMARTS) is 1. The first kappa shape index (κ1) is 70.9. The molecule has 8 aromatic rings. The number of aryl methyl sites for hydroxylation is 2. The maximum Gasteiger partial charge on any atom is 0.323 e. The molecule has 0 saturated carbocycles. The molecule has 464 valence electrons. The number of aliphatic carboxylic acids is 1. The number of pyridine rings is 4. The highest BCUT2D eigenvalue weighted by Crippen LogP contribution is 2.31. The summed E-state index contributed by atoms with van der Waals surface area (Å²) in [6.45, 7) is 4.10. The first-order valence-electron chi connectivity index (χ1n) is 27.2. The van der Waals surface area contributed by atoms with Crippen molar-refractivity contribution in [2.24, 2.45) is 11.5 Å². The Labute approximate surface area is 518 Å². The number of alkyl halides is 2. The van der Waals surface area contributed by atoms with E-state index in [0.29, 0.717) is 71.5 Å². The van der Waals surface area contributed by atoms with E-state index in [-0.39, 0.29) is 121 Å². The van der Waals surface area contributed by atoms with Crippen LogP contribution in [0.4, 0.5) is 8.78 Å². The number of ketones is 2. The highest BCUT2D eigenvalue weighted by atomic mass is 35.5. The second-order valence-corrected chi connectivity index (χ2v) is 20.5. The largest absolute Gasteiger partial charge is 0.481 e. The van der Waals surface area contributed by atoms with Crippen molar-refractivity contribution in [3.8, 4) is 34.0 Å². The van der Waals surface area contributed by atoms with E-state index in [9.17, 15) is 37.5 Å². The molecule has 0 spiro atoms. The molecule has 19 nitrogen and oxygen atoms in total. The Morgan fingerprint density at radius 2 is 1.09 bits per heavy atom. The number of methoxy groups -OCH3 is 2. The molecule has 2 saturated heterocycles. The average molecular weight is 1240 g/mol. The number of carbonyl (C=O) groups excluding carboxylic acids is 5. The SMILES string of the molecule is C.C.COc1ccc(-c2ccc3c(c2)c(C(N)=O)cn3CC(=O)N2CCC(F)CC[C@H]2C(=O)Cc2cccc(C)n2)cn1.COc1ccc(-c2ccc3c(c2)c(C(N)=O)cn3CC(=O)O)cn1.Cc1cccc(CC(=O)[C@@H]2CCC(F)CCN2)n1.Cl.S. The van der Waals surface area contributed by atoms with Crippen LogP contribution >= 0.6 is 25.9 Å². The summed E-state index contributed by atoms with van der Waals surface area (Å²) >= 11 is 0. The quantitative estimate of drug-likeness (QED) is 0.0701. The predicted octanol–water partition coefficient (Wildman–Crippen LogP) is 9.73. The normalized spacial score (nSPS) is 16.2. The van der Waals surface area contributed by atoms with E-state index in [1.165, 1.54) is 22.8 Å². The van der Waals surface area contributed by atoms with Crippen LogP contribution in [0.15, 0.2) is 122 Å². The van der Waals surface area contributed by atoms with Crippen LogP contribution in [0, 0.1) is 13.8 Å². The topological polar surface area (TPSA) is 270 Å². The molecule has 23 heteroatoms. The summed E-state index contributed by atoms with van der Waals surface area (Å²) < 4.78 is 40.9. The van der Waals surface area contributed by atoms with Crippen molar-refractivity contribution in [2.75, 3.05) is 27.3 Å². The standard InChI is InChI=1S/C31H32FN5O4.C17H15N3O4.C14H19FN2O.2CH4.ClH.H2S/c1-19-4-3-5-23(35-19)15-28(38)27-10-8-22(32)12-13-37(27)30(39)18-36-17-25(31(33)40)24-14-20(6-9-26(24)36)21-7-11-29(41-2)34-16-21;1-24-15-5-3-11(7-19-15)10-2-4-14-12(6-10)13(17(18)23)8-20(14)9-16(21)22;1-10-3-2-4-12(17-10)9-14(18)13-6-5-11(15)7-8-16-13;;;;/h3-7,9,11,14,16-17,22,27H,8,10,12-13,15,18H2,1-2H3,(H2,33,40);2-8H,9H2,1H3,(H2,18,23)(H,21,22);2-4,11,13,16H,5-9H2,1H3;2*1H4;1H;1H2/t22?,27-;;11?,13-;;;;/m0.0..../s1. The Morgan fingerprint density at radius 1 is 0.621 bits per heavy atom. The summed E-state index contributed by atoms with van der Waals surface area (Å²) in [5.74, 6) is -1.62. The Hall–Kier alpha value is -8.60. The van der Waals surface area contributed by atoms with E-state index in [0.717, 1.165) is 39.3 Å². The molecular formula is C64H77ClF2N10O9S. The Morgan fingerprint density at radius 3 is 1.55 bits per heavy atom. The number of amides is 3. The highest BCUT2D eigenvalue weighted by Gasteiger charge is 2.34. The average Bonchev–Trinajstić information content (AvgIpc) is 1.80. The molecule has 6 N–H and O–H groups in total. The van der Waals surface area contributed by atoms with Gasteiger partial charge in [-0.05, 0) is 131 Å². The van der Waals surface area contributed by atoms with Crippen LogP contribution in [0.25, 0.3) is 44.1 Å². The molecule has 2 aliphatic heterocycles. The summed E-state index contributed by atoms with van der Waals surface area (Å²) in [6.07, 6.45) is 7.10. The molecule has 2 fully saturated rings. The number of Topliss-reactive ketones (excluding diaryl/α,β-unsaturated/α-hetero) is 2. The molecule has 87 heavy (non-hydrogen) atoms. The van der Waals surface area contributed by atoms with Crippen molar-refractivity contribution in [1.29, 1.82) is 0 Å². The summed E-state index contributed by atoms with van der Waals surface area (Å²) in [5.41, 5.74) is 19.4. The molecule has 0 radical (unpaired) electrons. The number of primary amides is 2. The van der Waals surface area contributed by atoms with Gasteiger partial charge in [0.15, 0.2) is 11.6 Å². The van der Waals surface area contributed by atoms with Gasteiger partial charge in [0.2, 0.25) is 17.7 Å². The maximum atomic E-state index is 14.4. The summed E-state index contributed by atoms with van der Waals surface area (Å²) in [5, 5.41) is 13.3. The van der Waals surface area contributed by atoms with E-state index in [1.54, 1.807) is 60.6 Å². The van der Waals surface area contributed by atoms with Gasteiger partial charge in [0.1, 0.15) is 25.4 Å². The fourth-order valence-electron chi connectivity index (χ4n) is 10.3. The molecule has 0 bridgehead atoms. The number of carbonyl (C=O) groups is 6. The minimum Gasteiger partial charge on any atom is -0.481 e. The number of nitrogens with zero attached hydrogens (tertiary/aromatic N) is 7. The van der Waals surface area contributed by atoms with Crippen LogP contribution < -0.4 is 26.3 Å². The Balaban J connectivity index is 0.000000300. The zero-order chi connectivity index (χ0) is 59.3. The third-order valence-corrected chi connectivity index (χ3v) is 14.6. The van der Waals surface area contributed by atoms with Crippen LogP contribution in [0.1, 0.15) is 96.9 Å². The summed E-state index contributed by atoms with van der Waals surface area (Å²) in [7, 11) is 3.08. The fourth-order valence-corrected chi connectivity index (χ4v) is 10.3. The summed E-state index contributed by atoms with van der Waals surface area (Å²) in [4.78, 5) is 92.9. The molecule has 3 amide bonds. The van der Waals surface area contributed by atoms with E-state index in [2.05, 4.69) is 25.3 Å². The van der Waals surface area contributed by atoms with Crippen LogP contribution in [0.5, 0.6) is 11.8 Å². The van der Waals surface area contributed by atoms with Crippen LogP contribution in [-0.2, 0) is 45.1 Å². The Bertz CT molecular complexity index is 3660. The van der Waals surface area contributed by atoms with Gasteiger partial charge in [0, 0.05) is 99.2 Å². The number of carboxylic acids is 1. The maximum absolute atomic E-state index is 14.4. The molecule has 2 unspecified atom stereocenters. The molecule has 10 rings (SSSR count). The zero-order valence-electron chi connectivity index (χ0n) is 47.5. The van der Waals surface area contributed by atoms with Gasteiger partial charge in [-0.15, -0.1) is 12.4 Å². The van der Waals surface area contributed by atoms with E-state index in [1.807, 2.05) is 80.6 Å². The number of nitrogens with one attached hydrogen (secondary N) is 1. The number of likely N-dealkylation sites (tertiary alicyclic amines) is 1. The van der Waals surface area contributed by atoms with E-state index in [4.69, 9.17) is 26.0 Å². The van der Waals surface area contributed by atoms with Crippen molar-refractivity contribution in [3.63, 3.8) is 0 Å². The van der Waals surface area contributed by atoms with Crippen molar-refractivity contribution in [1.82, 2.24) is 39.3 Å². The molecule has 8 heterocycles. The Kier molecular flexibility index (Phi) is 26.7. The van der Waals surface area contributed by atoms with E-state index >= 15 is 0 Å². The second-order valence-electron chi connectivity index (χ2n) is 20.5. The van der Waals surface area contributed by atoms with Crippen molar-refractivity contribution >= 4 is 83.0 Å². The predicted molar refractivity (Wildman–Crippen MR) is 339 cm³/mol. The molecule has 2 aromatic carbocycles. The van der Waals surface area contributed by atoms with Gasteiger partial charge >= 0.3 is 5.97 Å². The van der Waals surface area contributed by atoms with Gasteiger partial charge in [0.05, 0.1) is 50.3 Å². The van der Waals surface area contributed by atoms with Gasteiger partial charge < -0.3 is 45.4 Å². The van der Waals surface area contributed by atoms with Gasteiger partial charge in [-0.25, -0.2) is 18.7 Å². The molecule has 6 aromatic heterocycles. The van der Waals surface area contributed by atoms with Crippen molar-refractivity contribution < 1.29 is 52.1 Å². The lowest BCUT2D eigenvalue weighted by atomic mass is 10.0. The van der Waals surface area contributed by atoms with E-state index < -0.39 is 36.2 Å². The number of rotatable bonds is 16. The summed E-state index contributed by atoms with van der Waals surface area (Å²) in [6, 6.07) is 28.3. The van der Waals surface area contributed by atoms with Gasteiger partial charge in [-0.3, -0.25) is 38.7 Å². The number of benzene rings is 2. The number of fused-ring (bicyclic) bond motifs is 2. The van der Waals surface area contributed by atoms with Crippen molar-refractivity contribution in [2.45, 2.75) is 118 Å². The zero-order valence-corrected chi connectivity index (χ0v) is 49.3. The third kappa shape index (κ3) is 18.5. The number of hydrogen-bond donors (Lipinski definition) is 4. The number of ether oxygens (including phenoxy) is 2. The fraction of sp³-hybridized carbons (Fsp3) is 0.344. The number of aromatic nitrogens is 6. The van der Waals surface area contributed by atoms with Crippen LogP contribution in [-0.4, -0.2) is 126 Å². The minimum absolute atomic E-state index is 0. The van der Waals surface area contributed by atoms with Crippen LogP contribution in [0.3, 0.4) is 0 Å². The molecular weight excluding hydrogens is 1160 g/mol. The molecule has 4 atom stereocenters. The monoisotopic (exact) mass is 1230 g/mol. The lowest BCUT2D eigenvalue weighted by Crippen LogP contribution is -2.46.